The summed E-state index contributed by atoms with van der Waals surface area (Å²) in [5, 5.41) is 9.29. The van der Waals surface area contributed by atoms with Crippen molar-refractivity contribution in [3.63, 3.8) is 0 Å². The van der Waals surface area contributed by atoms with Crippen LogP contribution in [0.4, 0.5) is 0 Å². The van der Waals surface area contributed by atoms with Crippen LogP contribution in [0.2, 0.25) is 0 Å². The maximum Gasteiger partial charge on any atom is 0.237 e. The number of benzene rings is 3. The molecule has 3 aromatic carbocycles. The molecule has 1 aliphatic heterocycles. The number of aromatic nitrogens is 1. The second-order valence-corrected chi connectivity index (χ2v) is 8.43. The third-order valence-electron chi connectivity index (χ3n) is 6.23. The lowest BCUT2D eigenvalue weighted by molar-refractivity contribution is -0.134. The number of amides is 2. The minimum atomic E-state index is -0.487. The van der Waals surface area contributed by atoms with Gasteiger partial charge in [-0.25, -0.2) is 0 Å². The predicted octanol–water partition coefficient (Wildman–Crippen LogP) is 3.39. The first-order chi connectivity index (χ1) is 16.2. The number of hydrogen-bond donors (Lipinski definition) is 2. The standard InChI is InChI=1S/C27H26N4O2/c32-26(30-17-19-10-11-24-21(15-19)8-4-12-28-24)16-25-27(33)29-13-14-31(25)18-22-7-3-6-20-5-1-2-9-23(20)22/h1-12,15,25H,13-14,16-18H2,(H,29,33)(H,30,32). The Labute approximate surface area is 192 Å². The molecular formula is C27H26N4O2. The Hall–Kier alpha value is -3.77. The average molecular weight is 439 g/mol. The largest absolute Gasteiger partial charge is 0.353 e. The molecule has 1 aliphatic rings. The molecule has 2 amide bonds. The van der Waals surface area contributed by atoms with E-state index in [9.17, 15) is 9.59 Å². The third kappa shape index (κ3) is 4.71. The van der Waals surface area contributed by atoms with Crippen molar-refractivity contribution in [2.75, 3.05) is 13.1 Å². The molecule has 5 rings (SSSR count). The summed E-state index contributed by atoms with van der Waals surface area (Å²) in [6.45, 7) is 2.35. The lowest BCUT2D eigenvalue weighted by atomic mass is 10.0. The van der Waals surface area contributed by atoms with Gasteiger partial charge in [0.05, 0.1) is 18.0 Å². The van der Waals surface area contributed by atoms with Crippen LogP contribution in [0.15, 0.2) is 79.0 Å². The molecule has 1 saturated heterocycles. The molecule has 2 N–H and O–H groups in total. The summed E-state index contributed by atoms with van der Waals surface area (Å²) >= 11 is 0. The van der Waals surface area contributed by atoms with Crippen LogP contribution in [0.5, 0.6) is 0 Å². The molecule has 0 aliphatic carbocycles. The number of hydrogen-bond acceptors (Lipinski definition) is 4. The zero-order chi connectivity index (χ0) is 22.6. The molecule has 1 atom stereocenters. The van der Waals surface area contributed by atoms with Crippen molar-refractivity contribution in [1.82, 2.24) is 20.5 Å². The summed E-state index contributed by atoms with van der Waals surface area (Å²) in [5.74, 6) is -0.223. The topological polar surface area (TPSA) is 74.3 Å². The minimum Gasteiger partial charge on any atom is -0.353 e. The number of fused-ring (bicyclic) bond motifs is 2. The molecule has 6 nitrogen and oxygen atoms in total. The Morgan fingerprint density at radius 3 is 2.82 bits per heavy atom. The molecule has 4 aromatic rings. The number of rotatable bonds is 6. The zero-order valence-electron chi connectivity index (χ0n) is 18.3. The summed E-state index contributed by atoms with van der Waals surface area (Å²) in [6, 6.07) is 23.9. The average Bonchev–Trinajstić information content (AvgIpc) is 2.85. The van der Waals surface area contributed by atoms with Crippen molar-refractivity contribution in [1.29, 1.82) is 0 Å². The van der Waals surface area contributed by atoms with Gasteiger partial charge in [0.2, 0.25) is 11.8 Å². The highest BCUT2D eigenvalue weighted by Crippen LogP contribution is 2.22. The van der Waals surface area contributed by atoms with Crippen molar-refractivity contribution < 1.29 is 9.59 Å². The van der Waals surface area contributed by atoms with Crippen LogP contribution in [-0.2, 0) is 22.7 Å². The normalized spacial score (nSPS) is 16.6. The highest BCUT2D eigenvalue weighted by atomic mass is 16.2. The van der Waals surface area contributed by atoms with Crippen LogP contribution in [0.25, 0.3) is 21.7 Å². The highest BCUT2D eigenvalue weighted by Gasteiger charge is 2.31. The van der Waals surface area contributed by atoms with E-state index in [1.54, 1.807) is 6.20 Å². The van der Waals surface area contributed by atoms with Gasteiger partial charge in [0.1, 0.15) is 0 Å². The van der Waals surface area contributed by atoms with Crippen molar-refractivity contribution in [2.24, 2.45) is 0 Å². The smallest absolute Gasteiger partial charge is 0.237 e. The summed E-state index contributed by atoms with van der Waals surface area (Å²) in [6.07, 6.45) is 1.90. The second kappa shape index (κ2) is 9.38. The third-order valence-corrected chi connectivity index (χ3v) is 6.23. The summed E-state index contributed by atoms with van der Waals surface area (Å²) in [7, 11) is 0. The zero-order valence-corrected chi connectivity index (χ0v) is 18.3. The lowest BCUT2D eigenvalue weighted by Gasteiger charge is -2.35. The summed E-state index contributed by atoms with van der Waals surface area (Å²) < 4.78 is 0. The van der Waals surface area contributed by atoms with E-state index in [2.05, 4.69) is 44.8 Å². The van der Waals surface area contributed by atoms with E-state index in [1.165, 1.54) is 10.8 Å². The molecule has 33 heavy (non-hydrogen) atoms. The second-order valence-electron chi connectivity index (χ2n) is 8.43. The first-order valence-corrected chi connectivity index (χ1v) is 11.3. The van der Waals surface area contributed by atoms with E-state index < -0.39 is 6.04 Å². The molecule has 0 saturated carbocycles. The highest BCUT2D eigenvalue weighted by molar-refractivity contribution is 5.89. The van der Waals surface area contributed by atoms with Gasteiger partial charge in [-0.15, -0.1) is 0 Å². The Balaban J connectivity index is 1.26. The van der Waals surface area contributed by atoms with Gasteiger partial charge in [0, 0.05) is 37.8 Å². The van der Waals surface area contributed by atoms with Crippen LogP contribution in [0.3, 0.4) is 0 Å². The van der Waals surface area contributed by atoms with E-state index >= 15 is 0 Å². The van der Waals surface area contributed by atoms with Gasteiger partial charge in [-0.3, -0.25) is 19.5 Å². The monoisotopic (exact) mass is 438 g/mol. The van der Waals surface area contributed by atoms with E-state index in [0.29, 0.717) is 26.2 Å². The fourth-order valence-corrected chi connectivity index (χ4v) is 4.51. The van der Waals surface area contributed by atoms with Gasteiger partial charge in [-0.05, 0) is 40.1 Å². The predicted molar refractivity (Wildman–Crippen MR) is 129 cm³/mol. The molecule has 2 heterocycles. The minimum absolute atomic E-state index is 0.0894. The maximum atomic E-state index is 12.8. The van der Waals surface area contributed by atoms with Crippen molar-refractivity contribution in [3.8, 4) is 0 Å². The molecule has 0 bridgehead atoms. The fourth-order valence-electron chi connectivity index (χ4n) is 4.51. The Kier molecular flexibility index (Phi) is 6.00. The summed E-state index contributed by atoms with van der Waals surface area (Å²) in [4.78, 5) is 31.9. The molecule has 6 heteroatoms. The van der Waals surface area contributed by atoms with E-state index in [4.69, 9.17) is 0 Å². The first-order valence-electron chi connectivity index (χ1n) is 11.3. The molecule has 1 fully saturated rings. The van der Waals surface area contributed by atoms with Gasteiger partial charge in [0.15, 0.2) is 0 Å². The van der Waals surface area contributed by atoms with Crippen LogP contribution in [0.1, 0.15) is 17.5 Å². The Bertz CT molecular complexity index is 1310. The SMILES string of the molecule is O=C(CC1C(=O)NCCN1Cc1cccc2ccccc12)NCc1ccc2ncccc2c1. The number of carbonyl (C=O) groups is 2. The number of piperazine rings is 1. The van der Waals surface area contributed by atoms with Gasteiger partial charge in [-0.1, -0.05) is 54.6 Å². The van der Waals surface area contributed by atoms with E-state index in [1.807, 2.05) is 48.5 Å². The van der Waals surface area contributed by atoms with E-state index in [0.717, 1.165) is 22.0 Å². The lowest BCUT2D eigenvalue weighted by Crippen LogP contribution is -2.56. The van der Waals surface area contributed by atoms with Crippen molar-refractivity contribution >= 4 is 33.5 Å². The molecule has 1 unspecified atom stereocenters. The van der Waals surface area contributed by atoms with Crippen LogP contribution < -0.4 is 10.6 Å². The quantitative estimate of drug-likeness (QED) is 0.484. The summed E-state index contributed by atoms with van der Waals surface area (Å²) in [5.41, 5.74) is 3.10. The van der Waals surface area contributed by atoms with Crippen LogP contribution >= 0.6 is 0 Å². The maximum absolute atomic E-state index is 12.8. The van der Waals surface area contributed by atoms with Gasteiger partial charge in [-0.2, -0.15) is 0 Å². The molecule has 166 valence electrons. The van der Waals surface area contributed by atoms with Crippen LogP contribution in [0, 0.1) is 0 Å². The Morgan fingerprint density at radius 2 is 1.88 bits per heavy atom. The van der Waals surface area contributed by atoms with Crippen molar-refractivity contribution in [3.05, 3.63) is 90.1 Å². The molecule has 1 aromatic heterocycles. The molecule has 0 spiro atoms. The fraction of sp³-hybridized carbons (Fsp3) is 0.222. The van der Waals surface area contributed by atoms with Crippen LogP contribution in [-0.4, -0.2) is 40.8 Å². The van der Waals surface area contributed by atoms with Gasteiger partial charge in [0.25, 0.3) is 0 Å². The van der Waals surface area contributed by atoms with E-state index in [-0.39, 0.29) is 18.2 Å². The number of pyridine rings is 1. The van der Waals surface area contributed by atoms with Gasteiger partial charge >= 0.3 is 0 Å². The Morgan fingerprint density at radius 1 is 1.03 bits per heavy atom. The van der Waals surface area contributed by atoms with Crippen molar-refractivity contribution in [2.45, 2.75) is 25.6 Å². The molecule has 0 radical (unpaired) electrons. The van der Waals surface area contributed by atoms with Gasteiger partial charge < -0.3 is 10.6 Å². The number of nitrogens with zero attached hydrogens (tertiary/aromatic N) is 2. The number of carbonyl (C=O) groups excluding carboxylic acids is 2. The number of nitrogens with one attached hydrogen (secondary N) is 2. The molecular weight excluding hydrogens is 412 g/mol. The first kappa shape index (κ1) is 21.1.